The summed E-state index contributed by atoms with van der Waals surface area (Å²) >= 11 is 8.18. The van der Waals surface area contributed by atoms with Gasteiger partial charge in [-0.15, -0.1) is 0 Å². The summed E-state index contributed by atoms with van der Waals surface area (Å²) in [5.74, 6) is -0.809. The minimum Gasteiger partial charge on any atom is -0.391 e. The van der Waals surface area contributed by atoms with Gasteiger partial charge in [-0.2, -0.15) is 0 Å². The maximum absolute atomic E-state index is 13.1. The van der Waals surface area contributed by atoms with Gasteiger partial charge >= 0.3 is 0 Å². The topological polar surface area (TPSA) is 55.1 Å². The van der Waals surface area contributed by atoms with Gasteiger partial charge in [0.05, 0.1) is 5.56 Å². The third kappa shape index (κ3) is 3.86. The van der Waals surface area contributed by atoms with Gasteiger partial charge in [-0.05, 0) is 39.7 Å². The van der Waals surface area contributed by atoms with Crippen molar-refractivity contribution in [3.63, 3.8) is 0 Å². The summed E-state index contributed by atoms with van der Waals surface area (Å²) in [5.41, 5.74) is 6.80. The number of amides is 1. The number of thiocarbonyl (C=S) groups is 1. The van der Waals surface area contributed by atoms with Crippen LogP contribution in [0.3, 0.4) is 0 Å². The minimum atomic E-state index is -0.578. The highest BCUT2D eigenvalue weighted by Crippen LogP contribution is 2.20. The highest BCUT2D eigenvalue weighted by Gasteiger charge is 2.19. The van der Waals surface area contributed by atoms with Crippen LogP contribution in [0.2, 0.25) is 0 Å². The van der Waals surface area contributed by atoms with E-state index < -0.39 is 11.9 Å². The standard InChI is InChI=1S/C15H12BrFN2OS/c16-12-8-10(17)6-7-11(12)15(20)19-13(14(18)21)9-4-2-1-3-5-9/h1-8,13H,(H2,18,21)(H,19,20). The second-order valence-corrected chi connectivity index (χ2v) is 5.67. The van der Waals surface area contributed by atoms with Crippen LogP contribution in [0.1, 0.15) is 22.0 Å². The lowest BCUT2D eigenvalue weighted by Crippen LogP contribution is -2.36. The van der Waals surface area contributed by atoms with Crippen molar-refractivity contribution in [3.8, 4) is 0 Å². The maximum Gasteiger partial charge on any atom is 0.253 e. The largest absolute Gasteiger partial charge is 0.391 e. The maximum atomic E-state index is 13.1. The molecule has 0 saturated carbocycles. The number of nitrogens with two attached hydrogens (primary N) is 1. The van der Waals surface area contributed by atoms with Crippen LogP contribution >= 0.6 is 28.1 Å². The number of carbonyl (C=O) groups is 1. The first-order valence-electron chi connectivity index (χ1n) is 6.09. The molecule has 1 amide bonds. The van der Waals surface area contributed by atoms with Crippen LogP contribution in [0.5, 0.6) is 0 Å². The van der Waals surface area contributed by atoms with Crippen molar-refractivity contribution < 1.29 is 9.18 Å². The fourth-order valence-electron chi connectivity index (χ4n) is 1.85. The molecule has 0 aliphatic heterocycles. The second-order valence-electron chi connectivity index (χ2n) is 4.34. The number of nitrogens with one attached hydrogen (secondary N) is 1. The molecule has 2 rings (SSSR count). The molecule has 0 radical (unpaired) electrons. The smallest absolute Gasteiger partial charge is 0.253 e. The zero-order chi connectivity index (χ0) is 15.4. The Balaban J connectivity index is 2.25. The van der Waals surface area contributed by atoms with E-state index in [0.29, 0.717) is 10.0 Å². The quantitative estimate of drug-likeness (QED) is 0.815. The highest BCUT2D eigenvalue weighted by atomic mass is 79.9. The van der Waals surface area contributed by atoms with Crippen LogP contribution in [-0.4, -0.2) is 10.9 Å². The number of benzene rings is 2. The van der Waals surface area contributed by atoms with Crippen molar-refractivity contribution in [1.29, 1.82) is 0 Å². The van der Waals surface area contributed by atoms with E-state index in [4.69, 9.17) is 18.0 Å². The van der Waals surface area contributed by atoms with E-state index in [1.54, 1.807) is 0 Å². The van der Waals surface area contributed by atoms with E-state index in [9.17, 15) is 9.18 Å². The molecular formula is C15H12BrFN2OS. The molecule has 0 saturated heterocycles. The Bertz CT molecular complexity index is 679. The van der Waals surface area contributed by atoms with Crippen LogP contribution in [0.4, 0.5) is 4.39 Å². The lowest BCUT2D eigenvalue weighted by Gasteiger charge is -2.18. The summed E-state index contributed by atoms with van der Waals surface area (Å²) < 4.78 is 13.4. The predicted molar refractivity (Wildman–Crippen MR) is 87.5 cm³/mol. The second kappa shape index (κ2) is 6.78. The summed E-state index contributed by atoms with van der Waals surface area (Å²) in [6.07, 6.45) is 0. The molecule has 0 aromatic heterocycles. The Hall–Kier alpha value is -1.79. The number of rotatable bonds is 4. The van der Waals surface area contributed by atoms with Gasteiger partial charge in [0, 0.05) is 4.47 Å². The van der Waals surface area contributed by atoms with Crippen molar-refractivity contribution in [2.75, 3.05) is 0 Å². The summed E-state index contributed by atoms with van der Waals surface area (Å²) in [5, 5.41) is 2.75. The Labute approximate surface area is 135 Å². The average Bonchev–Trinajstić information content (AvgIpc) is 2.45. The summed E-state index contributed by atoms with van der Waals surface area (Å²) in [6.45, 7) is 0. The van der Waals surface area contributed by atoms with E-state index in [2.05, 4.69) is 21.2 Å². The van der Waals surface area contributed by atoms with Crippen LogP contribution in [0.25, 0.3) is 0 Å². The molecule has 0 aliphatic rings. The third-order valence-corrected chi connectivity index (χ3v) is 3.76. The summed E-state index contributed by atoms with van der Waals surface area (Å²) in [4.78, 5) is 12.4. The molecule has 6 heteroatoms. The third-order valence-electron chi connectivity index (χ3n) is 2.87. The first kappa shape index (κ1) is 15.6. The number of halogens is 2. The Morgan fingerprint density at radius 3 is 2.48 bits per heavy atom. The van der Waals surface area contributed by atoms with Gasteiger partial charge in [0.1, 0.15) is 16.8 Å². The summed E-state index contributed by atoms with van der Waals surface area (Å²) in [6, 6.07) is 12.4. The molecule has 1 atom stereocenters. The molecule has 2 aromatic carbocycles. The fraction of sp³-hybridized carbons (Fsp3) is 0.0667. The zero-order valence-corrected chi connectivity index (χ0v) is 13.2. The van der Waals surface area contributed by atoms with Gasteiger partial charge in [-0.3, -0.25) is 4.79 Å². The molecule has 0 bridgehead atoms. The first-order valence-corrected chi connectivity index (χ1v) is 7.29. The van der Waals surface area contributed by atoms with Crippen LogP contribution in [0.15, 0.2) is 53.0 Å². The van der Waals surface area contributed by atoms with Gasteiger partial charge in [-0.1, -0.05) is 42.5 Å². The molecule has 0 heterocycles. The predicted octanol–water partition coefficient (Wildman–Crippen LogP) is 3.35. The molecular weight excluding hydrogens is 355 g/mol. The Kier molecular flexibility index (Phi) is 5.03. The minimum absolute atomic E-state index is 0.160. The molecule has 0 aliphatic carbocycles. The van der Waals surface area contributed by atoms with E-state index in [1.165, 1.54) is 18.2 Å². The number of carbonyl (C=O) groups excluding carboxylic acids is 1. The van der Waals surface area contributed by atoms with Gasteiger partial charge in [0.25, 0.3) is 5.91 Å². The van der Waals surface area contributed by atoms with Gasteiger partial charge < -0.3 is 11.1 Å². The fourth-order valence-corrected chi connectivity index (χ4v) is 2.57. The number of hydrogen-bond acceptors (Lipinski definition) is 2. The van der Waals surface area contributed by atoms with Crippen molar-refractivity contribution in [2.45, 2.75) is 6.04 Å². The Morgan fingerprint density at radius 2 is 1.90 bits per heavy atom. The SMILES string of the molecule is NC(=S)C(NC(=O)c1ccc(F)cc1Br)c1ccccc1. The normalized spacial score (nSPS) is 11.7. The van der Waals surface area contributed by atoms with E-state index in [0.717, 1.165) is 5.56 Å². The molecule has 0 fully saturated rings. The molecule has 2 aromatic rings. The van der Waals surface area contributed by atoms with Crippen molar-refractivity contribution >= 4 is 39.0 Å². The lowest BCUT2D eigenvalue weighted by atomic mass is 10.1. The van der Waals surface area contributed by atoms with Crippen molar-refractivity contribution in [2.24, 2.45) is 5.73 Å². The lowest BCUT2D eigenvalue weighted by molar-refractivity contribution is 0.0946. The monoisotopic (exact) mass is 366 g/mol. The molecule has 0 spiro atoms. The zero-order valence-electron chi connectivity index (χ0n) is 10.8. The van der Waals surface area contributed by atoms with E-state index in [-0.39, 0.29) is 10.9 Å². The van der Waals surface area contributed by atoms with Gasteiger partial charge in [0.15, 0.2) is 0 Å². The molecule has 1 unspecified atom stereocenters. The first-order chi connectivity index (χ1) is 9.99. The average molecular weight is 367 g/mol. The van der Waals surface area contributed by atoms with E-state index >= 15 is 0 Å². The molecule has 3 nitrogen and oxygen atoms in total. The van der Waals surface area contributed by atoms with E-state index in [1.807, 2.05) is 30.3 Å². The summed E-state index contributed by atoms with van der Waals surface area (Å²) in [7, 11) is 0. The van der Waals surface area contributed by atoms with Crippen molar-refractivity contribution in [3.05, 3.63) is 69.9 Å². The van der Waals surface area contributed by atoms with Crippen LogP contribution < -0.4 is 11.1 Å². The molecule has 108 valence electrons. The Morgan fingerprint density at radius 1 is 1.24 bits per heavy atom. The van der Waals surface area contributed by atoms with Gasteiger partial charge in [-0.25, -0.2) is 4.39 Å². The van der Waals surface area contributed by atoms with Crippen molar-refractivity contribution in [1.82, 2.24) is 5.32 Å². The molecule has 3 N–H and O–H groups in total. The molecule has 21 heavy (non-hydrogen) atoms. The highest BCUT2D eigenvalue weighted by molar-refractivity contribution is 9.10. The van der Waals surface area contributed by atoms with Gasteiger partial charge in [0.2, 0.25) is 0 Å². The van der Waals surface area contributed by atoms with Crippen LogP contribution in [0, 0.1) is 5.82 Å². The van der Waals surface area contributed by atoms with Crippen LogP contribution in [-0.2, 0) is 0 Å². The number of hydrogen-bond donors (Lipinski definition) is 2.